The van der Waals surface area contributed by atoms with Gasteiger partial charge >= 0.3 is 0 Å². The lowest BCUT2D eigenvalue weighted by molar-refractivity contribution is -0.130. The topological polar surface area (TPSA) is 59.5 Å². The molecule has 7 heteroatoms. The van der Waals surface area contributed by atoms with Gasteiger partial charge in [0, 0.05) is 11.8 Å². The van der Waals surface area contributed by atoms with E-state index >= 15 is 0 Å². The summed E-state index contributed by atoms with van der Waals surface area (Å²) in [5, 5.41) is 2.69. The zero-order valence-electron chi connectivity index (χ0n) is 14.6. The molecule has 0 unspecified atom stereocenters. The van der Waals surface area contributed by atoms with E-state index in [1.54, 1.807) is 5.38 Å². The van der Waals surface area contributed by atoms with Crippen LogP contribution >= 0.6 is 11.3 Å². The number of hydrogen-bond donors (Lipinski definition) is 0. The van der Waals surface area contributed by atoms with Crippen LogP contribution in [0.25, 0.3) is 0 Å². The van der Waals surface area contributed by atoms with Crippen molar-refractivity contribution in [3.63, 3.8) is 0 Å². The van der Waals surface area contributed by atoms with E-state index in [-0.39, 0.29) is 17.0 Å². The van der Waals surface area contributed by atoms with Gasteiger partial charge in [-0.2, -0.15) is 0 Å². The predicted molar refractivity (Wildman–Crippen MR) is 94.2 cm³/mol. The molecule has 1 saturated heterocycles. The minimum atomic E-state index is -1.82. The van der Waals surface area contributed by atoms with Gasteiger partial charge in [-0.15, -0.1) is 11.3 Å². The van der Waals surface area contributed by atoms with Crippen molar-refractivity contribution in [2.24, 2.45) is 0 Å². The molecule has 1 atom stereocenters. The highest BCUT2D eigenvalue weighted by Crippen LogP contribution is 2.37. The molecule has 5 nitrogen and oxygen atoms in total. The average molecular weight is 355 g/mol. The van der Waals surface area contributed by atoms with Gasteiger partial charge in [0.25, 0.3) is 0 Å². The SMILES string of the molecule is CC(C)(C)[Si](C)(C)OC[C@H]1CCC(=O)N1Cc1nc(C=O)cs1. The Hall–Kier alpha value is -1.05. The summed E-state index contributed by atoms with van der Waals surface area (Å²) in [7, 11) is -1.82. The molecule has 2 heterocycles. The second-order valence-electron chi connectivity index (χ2n) is 7.57. The lowest BCUT2D eigenvalue weighted by atomic mass is 10.2. The Labute approximate surface area is 143 Å². The number of nitrogens with zero attached hydrogens (tertiary/aromatic N) is 2. The van der Waals surface area contributed by atoms with Gasteiger partial charge in [0.1, 0.15) is 10.7 Å². The fourth-order valence-corrected chi connectivity index (χ4v) is 4.08. The minimum absolute atomic E-state index is 0.111. The van der Waals surface area contributed by atoms with Crippen LogP contribution in [-0.4, -0.2) is 43.0 Å². The Morgan fingerprint density at radius 1 is 1.48 bits per heavy atom. The van der Waals surface area contributed by atoms with Crippen LogP contribution in [0.4, 0.5) is 0 Å². The van der Waals surface area contributed by atoms with E-state index in [4.69, 9.17) is 4.43 Å². The van der Waals surface area contributed by atoms with E-state index < -0.39 is 8.32 Å². The van der Waals surface area contributed by atoms with Crippen LogP contribution in [0.1, 0.15) is 49.1 Å². The van der Waals surface area contributed by atoms with Crippen molar-refractivity contribution in [3.05, 3.63) is 16.1 Å². The molecule has 1 fully saturated rings. The summed E-state index contributed by atoms with van der Waals surface area (Å²) in [5.41, 5.74) is 0.436. The zero-order chi connectivity index (χ0) is 17.3. The van der Waals surface area contributed by atoms with Crippen LogP contribution in [0, 0.1) is 0 Å². The Balaban J connectivity index is 2.00. The van der Waals surface area contributed by atoms with Crippen molar-refractivity contribution >= 4 is 31.8 Å². The average Bonchev–Trinajstić information content (AvgIpc) is 3.04. The van der Waals surface area contributed by atoms with Crippen molar-refractivity contribution in [1.29, 1.82) is 0 Å². The zero-order valence-corrected chi connectivity index (χ0v) is 16.4. The lowest BCUT2D eigenvalue weighted by Crippen LogP contribution is -2.45. The first-order valence-electron chi connectivity index (χ1n) is 7.97. The van der Waals surface area contributed by atoms with Gasteiger partial charge < -0.3 is 9.33 Å². The molecule has 1 amide bonds. The summed E-state index contributed by atoms with van der Waals surface area (Å²) in [5.74, 6) is 0.150. The normalized spacial score (nSPS) is 19.4. The molecule has 0 aliphatic carbocycles. The number of rotatable bonds is 6. The van der Waals surface area contributed by atoms with Gasteiger partial charge in [0.15, 0.2) is 14.6 Å². The molecule has 0 N–H and O–H groups in total. The molecule has 1 aromatic heterocycles. The number of aldehydes is 1. The molecule has 1 aliphatic rings. The number of carbonyl (C=O) groups excluding carboxylic acids is 2. The quantitative estimate of drug-likeness (QED) is 0.580. The third-order valence-corrected chi connectivity index (χ3v) is 10.2. The molecule has 0 aromatic carbocycles. The van der Waals surface area contributed by atoms with Gasteiger partial charge in [-0.05, 0) is 24.6 Å². The molecule has 128 valence electrons. The molecule has 1 aromatic rings. The number of thiazole rings is 1. The summed E-state index contributed by atoms with van der Waals surface area (Å²) >= 11 is 1.42. The largest absolute Gasteiger partial charge is 0.415 e. The third-order valence-electron chi connectivity index (χ3n) is 4.89. The van der Waals surface area contributed by atoms with E-state index in [0.717, 1.165) is 17.7 Å². The first kappa shape index (κ1) is 18.3. The fourth-order valence-electron chi connectivity index (χ4n) is 2.30. The van der Waals surface area contributed by atoms with Crippen LogP contribution in [0.3, 0.4) is 0 Å². The fraction of sp³-hybridized carbons (Fsp3) is 0.688. The number of aromatic nitrogens is 1. The Morgan fingerprint density at radius 3 is 2.74 bits per heavy atom. The first-order chi connectivity index (χ1) is 10.6. The highest BCUT2D eigenvalue weighted by Gasteiger charge is 2.39. The lowest BCUT2D eigenvalue weighted by Gasteiger charge is -2.38. The van der Waals surface area contributed by atoms with Crippen LogP contribution in [-0.2, 0) is 15.8 Å². The molecule has 2 rings (SSSR count). The van der Waals surface area contributed by atoms with Gasteiger partial charge in [-0.25, -0.2) is 4.98 Å². The van der Waals surface area contributed by atoms with Crippen molar-refractivity contribution in [2.75, 3.05) is 6.61 Å². The molecule has 0 bridgehead atoms. The highest BCUT2D eigenvalue weighted by atomic mass is 32.1. The second-order valence-corrected chi connectivity index (χ2v) is 13.3. The Bertz CT molecular complexity index is 580. The minimum Gasteiger partial charge on any atom is -0.415 e. The number of likely N-dealkylation sites (tertiary alicyclic amines) is 1. The molecular formula is C16H26N2O3SSi. The van der Waals surface area contributed by atoms with Crippen LogP contribution in [0.5, 0.6) is 0 Å². The molecule has 0 saturated carbocycles. The van der Waals surface area contributed by atoms with Gasteiger partial charge in [-0.3, -0.25) is 9.59 Å². The molecule has 23 heavy (non-hydrogen) atoms. The van der Waals surface area contributed by atoms with E-state index in [2.05, 4.69) is 38.8 Å². The van der Waals surface area contributed by atoms with E-state index in [0.29, 0.717) is 25.3 Å². The van der Waals surface area contributed by atoms with Crippen molar-refractivity contribution in [3.8, 4) is 0 Å². The van der Waals surface area contributed by atoms with E-state index in [1.165, 1.54) is 11.3 Å². The maximum Gasteiger partial charge on any atom is 0.223 e. The monoisotopic (exact) mass is 354 g/mol. The van der Waals surface area contributed by atoms with Gasteiger partial charge in [-0.1, -0.05) is 20.8 Å². The van der Waals surface area contributed by atoms with Gasteiger partial charge in [0.2, 0.25) is 5.91 Å². The predicted octanol–water partition coefficient (Wildman–Crippen LogP) is 3.47. The van der Waals surface area contributed by atoms with Crippen molar-refractivity contribution in [1.82, 2.24) is 9.88 Å². The maximum atomic E-state index is 12.2. The third kappa shape index (κ3) is 4.27. The van der Waals surface area contributed by atoms with E-state index in [9.17, 15) is 9.59 Å². The Kier molecular flexibility index (Phi) is 5.43. The molecular weight excluding hydrogens is 328 g/mol. The molecule has 0 radical (unpaired) electrons. The summed E-state index contributed by atoms with van der Waals surface area (Å²) in [6, 6.07) is 0.111. The van der Waals surface area contributed by atoms with E-state index in [1.807, 2.05) is 4.90 Å². The smallest absolute Gasteiger partial charge is 0.223 e. The highest BCUT2D eigenvalue weighted by molar-refractivity contribution is 7.09. The molecule has 1 aliphatic heterocycles. The maximum absolute atomic E-state index is 12.2. The Morgan fingerprint density at radius 2 is 2.17 bits per heavy atom. The number of hydrogen-bond acceptors (Lipinski definition) is 5. The standard InChI is InChI=1S/C16H26N2O3SSi/c1-16(2,3)23(4,5)21-10-13-6-7-15(20)18(13)8-14-17-12(9-19)11-22-14/h9,11,13H,6-8,10H2,1-5H3/t13-/m1/s1. The summed E-state index contributed by atoms with van der Waals surface area (Å²) in [6.45, 7) is 12.2. The van der Waals surface area contributed by atoms with Crippen LogP contribution < -0.4 is 0 Å². The summed E-state index contributed by atoms with van der Waals surface area (Å²) in [6.07, 6.45) is 2.14. The van der Waals surface area contributed by atoms with Crippen LogP contribution in [0.15, 0.2) is 5.38 Å². The summed E-state index contributed by atoms with van der Waals surface area (Å²) < 4.78 is 6.29. The number of carbonyl (C=O) groups is 2. The van der Waals surface area contributed by atoms with Gasteiger partial charge in [0.05, 0.1) is 19.2 Å². The van der Waals surface area contributed by atoms with Crippen molar-refractivity contribution in [2.45, 2.75) is 64.3 Å². The number of amides is 1. The second kappa shape index (κ2) is 6.82. The summed E-state index contributed by atoms with van der Waals surface area (Å²) in [4.78, 5) is 29.0. The first-order valence-corrected chi connectivity index (χ1v) is 11.8. The molecule has 0 spiro atoms. The van der Waals surface area contributed by atoms with Crippen LogP contribution in [0.2, 0.25) is 18.1 Å². The van der Waals surface area contributed by atoms with Crippen molar-refractivity contribution < 1.29 is 14.0 Å².